The Labute approximate surface area is 182 Å². The molecule has 0 aliphatic carbocycles. The SMILES string of the molecule is CO[Si](C)(C)CCCCNC(=O)c1cc(-c2ccc([N+](=O)[O-])cc2)nc2ccccc12. The maximum Gasteiger partial charge on any atom is 0.269 e. The van der Waals surface area contributed by atoms with Crippen molar-refractivity contribution in [1.29, 1.82) is 0 Å². The summed E-state index contributed by atoms with van der Waals surface area (Å²) in [6, 6.07) is 16.5. The van der Waals surface area contributed by atoms with E-state index in [1.165, 1.54) is 12.1 Å². The smallest absolute Gasteiger partial charge is 0.269 e. The third kappa shape index (κ3) is 5.74. The Morgan fingerprint density at radius 1 is 1.13 bits per heavy atom. The number of non-ortho nitro benzene ring substituents is 1. The summed E-state index contributed by atoms with van der Waals surface area (Å²) in [5.41, 5.74) is 2.59. The highest BCUT2D eigenvalue weighted by Gasteiger charge is 2.19. The number of para-hydroxylation sites is 1. The largest absolute Gasteiger partial charge is 0.420 e. The monoisotopic (exact) mass is 437 g/mol. The van der Waals surface area contributed by atoms with Crippen molar-refractivity contribution < 1.29 is 14.1 Å². The van der Waals surface area contributed by atoms with Gasteiger partial charge in [-0.15, -0.1) is 0 Å². The molecule has 0 atom stereocenters. The van der Waals surface area contributed by atoms with Gasteiger partial charge in [0.25, 0.3) is 11.6 Å². The first-order valence-corrected chi connectivity index (χ1v) is 13.4. The van der Waals surface area contributed by atoms with Crippen LogP contribution in [-0.4, -0.2) is 37.8 Å². The van der Waals surface area contributed by atoms with Crippen LogP contribution in [0, 0.1) is 10.1 Å². The van der Waals surface area contributed by atoms with Crippen molar-refractivity contribution in [3.05, 3.63) is 70.3 Å². The van der Waals surface area contributed by atoms with Gasteiger partial charge in [-0.3, -0.25) is 14.9 Å². The summed E-state index contributed by atoms with van der Waals surface area (Å²) in [7, 11) is 0.195. The Bertz CT molecular complexity index is 1080. The van der Waals surface area contributed by atoms with Crippen LogP contribution in [0.1, 0.15) is 23.2 Å². The van der Waals surface area contributed by atoms with Gasteiger partial charge < -0.3 is 9.74 Å². The molecule has 0 spiro atoms. The Morgan fingerprint density at radius 3 is 2.52 bits per heavy atom. The highest BCUT2D eigenvalue weighted by molar-refractivity contribution is 6.71. The second-order valence-electron chi connectivity index (χ2n) is 8.05. The lowest BCUT2D eigenvalue weighted by Gasteiger charge is -2.19. The predicted molar refractivity (Wildman–Crippen MR) is 125 cm³/mol. The van der Waals surface area contributed by atoms with Gasteiger partial charge in [0.1, 0.15) is 0 Å². The van der Waals surface area contributed by atoms with Gasteiger partial charge in [-0.2, -0.15) is 0 Å². The van der Waals surface area contributed by atoms with E-state index in [0.29, 0.717) is 23.3 Å². The van der Waals surface area contributed by atoms with Crippen LogP contribution in [0.2, 0.25) is 19.1 Å². The first kappa shape index (κ1) is 22.6. The molecule has 0 aliphatic rings. The molecule has 31 heavy (non-hydrogen) atoms. The summed E-state index contributed by atoms with van der Waals surface area (Å²) in [6.07, 6.45) is 1.90. The molecule has 0 radical (unpaired) electrons. The Hall–Kier alpha value is -3.10. The third-order valence-corrected chi connectivity index (χ3v) is 8.04. The van der Waals surface area contributed by atoms with E-state index in [0.717, 1.165) is 29.8 Å². The summed E-state index contributed by atoms with van der Waals surface area (Å²) < 4.78 is 5.57. The molecule has 2 aromatic carbocycles. The zero-order chi connectivity index (χ0) is 22.4. The lowest BCUT2D eigenvalue weighted by Crippen LogP contribution is -2.29. The van der Waals surface area contributed by atoms with Crippen molar-refractivity contribution >= 4 is 30.8 Å². The normalized spacial score (nSPS) is 11.5. The fourth-order valence-electron chi connectivity index (χ4n) is 3.34. The molecule has 3 rings (SSSR count). The Morgan fingerprint density at radius 2 is 1.84 bits per heavy atom. The lowest BCUT2D eigenvalue weighted by molar-refractivity contribution is -0.384. The number of nitro groups is 1. The summed E-state index contributed by atoms with van der Waals surface area (Å²) in [6.45, 7) is 4.97. The number of carbonyl (C=O) groups excluding carboxylic acids is 1. The number of nitro benzene ring substituents is 1. The second-order valence-corrected chi connectivity index (χ2v) is 12.5. The number of fused-ring (bicyclic) bond motifs is 1. The first-order valence-electron chi connectivity index (χ1n) is 10.3. The number of nitrogens with one attached hydrogen (secondary N) is 1. The predicted octanol–water partition coefficient (Wildman–Crippen LogP) is 5.17. The molecule has 0 saturated carbocycles. The molecule has 8 heteroatoms. The van der Waals surface area contributed by atoms with Gasteiger partial charge >= 0.3 is 0 Å². The van der Waals surface area contributed by atoms with Crippen LogP contribution < -0.4 is 5.32 Å². The fourth-order valence-corrected chi connectivity index (χ4v) is 4.65. The molecule has 7 nitrogen and oxygen atoms in total. The van der Waals surface area contributed by atoms with E-state index in [1.54, 1.807) is 25.3 Å². The third-order valence-electron chi connectivity index (χ3n) is 5.38. The zero-order valence-electron chi connectivity index (χ0n) is 18.1. The minimum atomic E-state index is -1.57. The van der Waals surface area contributed by atoms with E-state index in [1.807, 2.05) is 24.3 Å². The minimum Gasteiger partial charge on any atom is -0.420 e. The molecule has 1 heterocycles. The second kappa shape index (κ2) is 9.80. The van der Waals surface area contributed by atoms with E-state index in [-0.39, 0.29) is 11.6 Å². The number of rotatable bonds is 9. The van der Waals surface area contributed by atoms with E-state index in [9.17, 15) is 14.9 Å². The molecule has 0 aliphatic heterocycles. The maximum atomic E-state index is 13.0. The van der Waals surface area contributed by atoms with Gasteiger partial charge in [-0.25, -0.2) is 4.98 Å². The number of amides is 1. The van der Waals surface area contributed by atoms with E-state index in [4.69, 9.17) is 4.43 Å². The molecule has 1 amide bonds. The van der Waals surface area contributed by atoms with Gasteiger partial charge in [-0.1, -0.05) is 24.6 Å². The number of aromatic nitrogens is 1. The van der Waals surface area contributed by atoms with E-state index < -0.39 is 13.2 Å². The van der Waals surface area contributed by atoms with Crippen molar-refractivity contribution in [2.24, 2.45) is 0 Å². The average molecular weight is 438 g/mol. The molecule has 0 bridgehead atoms. The van der Waals surface area contributed by atoms with Crippen LogP contribution in [0.15, 0.2) is 54.6 Å². The van der Waals surface area contributed by atoms with Crippen LogP contribution in [0.25, 0.3) is 22.2 Å². The molecule has 162 valence electrons. The molecule has 1 N–H and O–H groups in total. The lowest BCUT2D eigenvalue weighted by atomic mass is 10.0. The van der Waals surface area contributed by atoms with Gasteiger partial charge in [-0.05, 0) is 49.8 Å². The van der Waals surface area contributed by atoms with Gasteiger partial charge in [0.05, 0.1) is 21.7 Å². The molecule has 3 aromatic rings. The molecule has 0 saturated heterocycles. The van der Waals surface area contributed by atoms with Crippen LogP contribution >= 0.6 is 0 Å². The van der Waals surface area contributed by atoms with Gasteiger partial charge in [0.2, 0.25) is 0 Å². The van der Waals surface area contributed by atoms with Crippen molar-refractivity contribution in [3.63, 3.8) is 0 Å². The average Bonchev–Trinajstić information content (AvgIpc) is 2.78. The number of carbonyl (C=O) groups is 1. The fraction of sp³-hybridized carbons (Fsp3) is 0.304. The summed E-state index contributed by atoms with van der Waals surface area (Å²) in [5.74, 6) is -0.148. The standard InChI is InChI=1S/C23H27N3O4Si/c1-30-31(2,3)15-7-6-14-24-23(27)20-16-22(25-21-9-5-4-8-19(20)21)17-10-12-18(13-11-17)26(28)29/h4-5,8-13,16H,6-7,14-15H2,1-3H3,(H,24,27). The number of hydrogen-bond acceptors (Lipinski definition) is 5. The minimum absolute atomic E-state index is 0.0159. The number of nitrogens with zero attached hydrogens (tertiary/aromatic N) is 2. The Balaban J connectivity index is 1.79. The summed E-state index contributed by atoms with van der Waals surface area (Å²) in [4.78, 5) is 28.1. The molecular formula is C23H27N3O4Si. The number of benzene rings is 2. The highest BCUT2D eigenvalue weighted by atomic mass is 28.4. The quantitative estimate of drug-likeness (QED) is 0.216. The van der Waals surface area contributed by atoms with Crippen molar-refractivity contribution in [1.82, 2.24) is 10.3 Å². The highest BCUT2D eigenvalue weighted by Crippen LogP contribution is 2.26. The molecule has 0 unspecified atom stereocenters. The first-order chi connectivity index (χ1) is 14.8. The van der Waals surface area contributed by atoms with Gasteiger partial charge in [0.15, 0.2) is 8.32 Å². The summed E-state index contributed by atoms with van der Waals surface area (Å²) >= 11 is 0. The van der Waals surface area contributed by atoms with Crippen molar-refractivity contribution in [2.45, 2.75) is 32.0 Å². The molecule has 1 aromatic heterocycles. The van der Waals surface area contributed by atoms with Crippen molar-refractivity contribution in [2.75, 3.05) is 13.7 Å². The number of hydrogen-bond donors (Lipinski definition) is 1. The van der Waals surface area contributed by atoms with Gasteiger partial charge in [0, 0.05) is 36.7 Å². The summed E-state index contributed by atoms with van der Waals surface area (Å²) in [5, 5.41) is 14.7. The van der Waals surface area contributed by atoms with Crippen LogP contribution in [0.4, 0.5) is 5.69 Å². The topological polar surface area (TPSA) is 94.4 Å². The van der Waals surface area contributed by atoms with E-state index in [2.05, 4.69) is 23.4 Å². The Kier molecular flexibility index (Phi) is 7.14. The van der Waals surface area contributed by atoms with Crippen LogP contribution in [0.5, 0.6) is 0 Å². The number of unbranched alkanes of at least 4 members (excludes halogenated alkanes) is 1. The molecule has 0 fully saturated rings. The zero-order valence-corrected chi connectivity index (χ0v) is 19.1. The van der Waals surface area contributed by atoms with Crippen LogP contribution in [-0.2, 0) is 4.43 Å². The maximum absolute atomic E-state index is 13.0. The van der Waals surface area contributed by atoms with Crippen molar-refractivity contribution in [3.8, 4) is 11.3 Å². The molecular weight excluding hydrogens is 410 g/mol. The van der Waals surface area contributed by atoms with E-state index >= 15 is 0 Å². The van der Waals surface area contributed by atoms with Crippen LogP contribution in [0.3, 0.4) is 0 Å². The number of pyridine rings is 1.